The molecule has 0 aromatic heterocycles. The van der Waals surface area contributed by atoms with Crippen LogP contribution < -0.4 is 4.74 Å². The average molecular weight is 615 g/mol. The quantitative estimate of drug-likeness (QED) is 0.0940. The zero-order valence-electron chi connectivity index (χ0n) is 18.3. The van der Waals surface area contributed by atoms with Crippen molar-refractivity contribution in [2.45, 2.75) is 24.2 Å². The molecule has 0 aliphatic rings. The van der Waals surface area contributed by atoms with Gasteiger partial charge >= 0.3 is 42.5 Å². The van der Waals surface area contributed by atoms with Gasteiger partial charge in [-0.05, 0) is 36.8 Å². The van der Waals surface area contributed by atoms with E-state index < -0.39 is 25.6 Å². The molecule has 3 nitrogen and oxygen atoms in total. The minimum atomic E-state index is -11.2. The van der Waals surface area contributed by atoms with Gasteiger partial charge in [0.05, 0.1) is 0 Å². The monoisotopic (exact) mass is 614 g/mol. The van der Waals surface area contributed by atoms with Gasteiger partial charge in [-0.15, -0.1) is 0 Å². The summed E-state index contributed by atoms with van der Waals surface area (Å²) < 4.78 is 69.9. The first-order valence-electron chi connectivity index (χ1n) is 9.78. The molecule has 3 aromatic carbocycles. The fourth-order valence-corrected chi connectivity index (χ4v) is 4.06. The number of halogens is 6. The van der Waals surface area contributed by atoms with E-state index in [2.05, 4.69) is 37.4 Å². The summed E-state index contributed by atoms with van der Waals surface area (Å²) in [7, 11) is 0.0880. The van der Waals surface area contributed by atoms with Gasteiger partial charge in [0.25, 0.3) is 0 Å². The van der Waals surface area contributed by atoms with E-state index in [4.69, 9.17) is 9.47 Å². The van der Waals surface area contributed by atoms with E-state index in [9.17, 15) is 21.7 Å². The molecule has 0 radical (unpaired) electrons. The maximum absolute atomic E-state index is 11.8. The van der Waals surface area contributed by atoms with Gasteiger partial charge in [-0.1, -0.05) is 60.2 Å². The Morgan fingerprint density at radius 1 is 0.794 bits per heavy atom. The van der Waals surface area contributed by atoms with Gasteiger partial charge < -0.3 is 9.47 Å². The molecule has 34 heavy (non-hydrogen) atoms. The Kier molecular flexibility index (Phi) is 8.64. The Balaban J connectivity index is 0.000000509. The van der Waals surface area contributed by atoms with Crippen molar-refractivity contribution in [3.8, 4) is 5.75 Å². The number of ether oxygens (including phenoxy) is 2. The second-order valence-electron chi connectivity index (χ2n) is 7.32. The van der Waals surface area contributed by atoms with Gasteiger partial charge in [0.1, 0.15) is 24.4 Å². The molecule has 0 saturated carbocycles. The van der Waals surface area contributed by atoms with Crippen molar-refractivity contribution in [2.75, 3.05) is 6.26 Å². The molecule has 0 saturated heterocycles. The van der Waals surface area contributed by atoms with Crippen molar-refractivity contribution >= 4 is 36.5 Å². The van der Waals surface area contributed by atoms with Crippen LogP contribution in [0.1, 0.15) is 16.7 Å². The molecule has 186 valence electrons. The second kappa shape index (κ2) is 10.5. The number of hydrogen-bond donors (Lipinski definition) is 0. The third kappa shape index (κ3) is 13.4. The van der Waals surface area contributed by atoms with Gasteiger partial charge in [-0.2, -0.15) is 0 Å². The molecule has 1 unspecified atom stereocenters. The van der Waals surface area contributed by atoms with Crippen LogP contribution in [-0.2, 0) is 28.0 Å². The van der Waals surface area contributed by atoms with Crippen molar-refractivity contribution in [3.63, 3.8) is 0 Å². The van der Waals surface area contributed by atoms with Crippen molar-refractivity contribution in [3.05, 3.63) is 95.6 Å². The molecule has 0 aliphatic carbocycles. The Morgan fingerprint density at radius 2 is 1.32 bits per heavy atom. The van der Waals surface area contributed by atoms with Crippen LogP contribution >= 0.6 is 0 Å². The molecule has 3 aromatic rings. The van der Waals surface area contributed by atoms with Gasteiger partial charge in [-0.25, -0.2) is 4.79 Å². The summed E-state index contributed by atoms with van der Waals surface area (Å²) in [5.41, 5.74) is 3.53. The first kappa shape index (κ1) is 27.9. The molecule has 0 spiro atoms. The Hall–Kier alpha value is -2.32. The summed E-state index contributed by atoms with van der Waals surface area (Å²) in [6.07, 6.45) is 1.53. The SMILES string of the molecule is Cc1ccc(C[S+](C)c2ccc(OC(=O)OCc3ccccc3)cc2)cc1.[F][Sb-]([F])([F])([F])([F])[F]. The maximum atomic E-state index is 11.8. The molecule has 0 fully saturated rings. The van der Waals surface area contributed by atoms with Crippen LogP contribution in [-0.4, -0.2) is 31.9 Å². The molecule has 0 heterocycles. The zero-order valence-corrected chi connectivity index (χ0v) is 21.6. The molecular weight excluding hydrogens is 592 g/mol. The molecular formula is C23H23F6O3SSb. The molecule has 0 aliphatic heterocycles. The molecule has 0 N–H and O–H groups in total. The van der Waals surface area contributed by atoms with E-state index in [1.54, 1.807) is 0 Å². The van der Waals surface area contributed by atoms with Crippen LogP contribution in [0.15, 0.2) is 83.8 Å². The topological polar surface area (TPSA) is 35.5 Å². The van der Waals surface area contributed by atoms with Crippen molar-refractivity contribution in [1.29, 1.82) is 0 Å². The molecule has 11 heteroatoms. The Morgan fingerprint density at radius 3 is 1.85 bits per heavy atom. The van der Waals surface area contributed by atoms with E-state index in [1.807, 2.05) is 54.6 Å². The summed E-state index contributed by atoms with van der Waals surface area (Å²) in [5, 5.41) is 0. The predicted molar refractivity (Wildman–Crippen MR) is 123 cm³/mol. The number of hydrogen-bond acceptors (Lipinski definition) is 3. The van der Waals surface area contributed by atoms with Gasteiger partial charge in [0.2, 0.25) is 0 Å². The molecule has 3 rings (SSSR count). The van der Waals surface area contributed by atoms with Crippen LogP contribution in [0.25, 0.3) is 0 Å². The van der Waals surface area contributed by atoms with Crippen LogP contribution in [0, 0.1) is 6.92 Å². The summed E-state index contributed by atoms with van der Waals surface area (Å²) in [4.78, 5) is 13.1. The fraction of sp³-hybridized carbons (Fsp3) is 0.174. The summed E-state index contributed by atoms with van der Waals surface area (Å²) >= 11 is -11.2. The van der Waals surface area contributed by atoms with Gasteiger partial charge in [0, 0.05) is 16.5 Å². The van der Waals surface area contributed by atoms with Crippen LogP contribution in [0.3, 0.4) is 0 Å². The van der Waals surface area contributed by atoms with E-state index >= 15 is 0 Å². The zero-order chi connectivity index (χ0) is 25.5. The van der Waals surface area contributed by atoms with E-state index in [0.717, 1.165) is 11.3 Å². The van der Waals surface area contributed by atoms with Gasteiger partial charge in [-0.3, -0.25) is 0 Å². The molecule has 0 amide bonds. The summed E-state index contributed by atoms with van der Waals surface area (Å²) in [6, 6.07) is 25.8. The fourth-order valence-electron chi connectivity index (χ4n) is 2.60. The summed E-state index contributed by atoms with van der Waals surface area (Å²) in [5.74, 6) is 1.49. The van der Waals surface area contributed by atoms with Gasteiger partial charge in [0.15, 0.2) is 4.90 Å². The predicted octanol–water partition coefficient (Wildman–Crippen LogP) is 7.66. The number of rotatable bonds is 6. The third-order valence-electron chi connectivity index (χ3n) is 4.13. The normalized spacial score (nSPS) is 14.0. The first-order chi connectivity index (χ1) is 15.5. The third-order valence-corrected chi connectivity index (χ3v) is 5.97. The number of carbonyl (C=O) groups excluding carboxylic acids is 1. The van der Waals surface area contributed by atoms with E-state index in [1.165, 1.54) is 16.0 Å². The molecule has 1 atom stereocenters. The minimum absolute atomic E-state index is 0.0880. The van der Waals surface area contributed by atoms with E-state index in [-0.39, 0.29) is 17.5 Å². The Labute approximate surface area is 198 Å². The first-order valence-corrected chi connectivity index (χ1v) is 17.4. The van der Waals surface area contributed by atoms with E-state index in [0.29, 0.717) is 5.75 Å². The number of carbonyl (C=O) groups is 1. The van der Waals surface area contributed by atoms with Crippen LogP contribution in [0.4, 0.5) is 21.7 Å². The number of aryl methyl sites for hydroxylation is 1. The Bertz CT molecular complexity index is 1060. The number of benzene rings is 3. The van der Waals surface area contributed by atoms with Crippen molar-refractivity contribution in [2.24, 2.45) is 0 Å². The second-order valence-corrected chi connectivity index (χ2v) is 14.8. The summed E-state index contributed by atoms with van der Waals surface area (Å²) in [6.45, 7) is 2.30. The van der Waals surface area contributed by atoms with Crippen molar-refractivity contribution < 1.29 is 31.1 Å². The average Bonchev–Trinajstić information content (AvgIpc) is 2.73. The standard InChI is InChI=1S/C23H23O3S.6FH.Sb/c1-18-8-10-20(11-9-18)17-27(2)22-14-12-21(13-15-22)26-23(24)25-16-19-6-4-3-5-7-19;;;;;;;/h3-15H,16-17H2,1-2H3;6*1H;/q+1;;;;;;;+5/p-6. The van der Waals surface area contributed by atoms with Crippen molar-refractivity contribution in [1.82, 2.24) is 0 Å². The van der Waals surface area contributed by atoms with Crippen LogP contribution in [0.2, 0.25) is 0 Å². The van der Waals surface area contributed by atoms with Crippen LogP contribution in [0.5, 0.6) is 5.75 Å². The molecule has 0 bridgehead atoms.